The summed E-state index contributed by atoms with van der Waals surface area (Å²) in [6.07, 6.45) is 15.0. The SMILES string of the molecule is C=C1NC(C)C/C=C\CC(O)C(C)/C=C/C2=CCC(OC)=CC(C)C12. The molecule has 2 N–H and O–H groups in total. The van der Waals surface area contributed by atoms with Gasteiger partial charge in [-0.1, -0.05) is 50.8 Å². The van der Waals surface area contributed by atoms with E-state index in [-0.39, 0.29) is 17.9 Å². The molecule has 0 saturated carbocycles. The number of aliphatic hydroxyl groups is 1. The van der Waals surface area contributed by atoms with Crippen molar-refractivity contribution in [3.05, 3.63) is 60.1 Å². The predicted octanol–water partition coefficient (Wildman–Crippen LogP) is 4.49. The smallest absolute Gasteiger partial charge is 0.0956 e. The molecule has 1 aliphatic heterocycles. The van der Waals surface area contributed by atoms with E-state index in [2.05, 4.69) is 69.1 Å². The Balaban J connectivity index is 2.37. The van der Waals surface area contributed by atoms with Crippen molar-refractivity contribution < 1.29 is 9.84 Å². The van der Waals surface area contributed by atoms with Crippen LogP contribution in [-0.4, -0.2) is 24.4 Å². The first kappa shape index (κ1) is 19.6. The highest BCUT2D eigenvalue weighted by molar-refractivity contribution is 5.34. The number of nitrogens with one attached hydrogen (secondary N) is 1. The lowest BCUT2D eigenvalue weighted by atomic mass is 9.84. The highest BCUT2D eigenvalue weighted by Crippen LogP contribution is 2.34. The van der Waals surface area contributed by atoms with Crippen LogP contribution in [0.3, 0.4) is 0 Å². The third-order valence-corrected chi connectivity index (χ3v) is 5.18. The average Bonchev–Trinajstić information content (AvgIpc) is 2.73. The van der Waals surface area contributed by atoms with E-state index in [0.717, 1.165) is 24.3 Å². The van der Waals surface area contributed by atoms with Gasteiger partial charge in [-0.15, -0.1) is 0 Å². The fourth-order valence-electron chi connectivity index (χ4n) is 3.56. The lowest BCUT2D eigenvalue weighted by molar-refractivity contribution is 0.140. The predicted molar refractivity (Wildman–Crippen MR) is 105 cm³/mol. The van der Waals surface area contributed by atoms with Crippen molar-refractivity contribution in [2.24, 2.45) is 17.8 Å². The highest BCUT2D eigenvalue weighted by atomic mass is 16.5. The quantitative estimate of drug-likeness (QED) is 0.689. The molecule has 0 saturated heterocycles. The van der Waals surface area contributed by atoms with E-state index in [1.165, 1.54) is 5.57 Å². The molecule has 0 amide bonds. The molecule has 0 radical (unpaired) electrons. The van der Waals surface area contributed by atoms with Gasteiger partial charge in [0.1, 0.15) is 0 Å². The van der Waals surface area contributed by atoms with Gasteiger partial charge in [-0.25, -0.2) is 0 Å². The Morgan fingerprint density at radius 1 is 1.16 bits per heavy atom. The highest BCUT2D eigenvalue weighted by Gasteiger charge is 2.26. The summed E-state index contributed by atoms with van der Waals surface area (Å²) in [5.74, 6) is 1.60. The third-order valence-electron chi connectivity index (χ3n) is 5.18. The van der Waals surface area contributed by atoms with E-state index in [1.54, 1.807) is 7.11 Å². The molecule has 25 heavy (non-hydrogen) atoms. The molecule has 0 aromatic heterocycles. The molecule has 0 fully saturated rings. The molecule has 0 spiro atoms. The Kier molecular flexibility index (Phi) is 7.12. The zero-order chi connectivity index (χ0) is 18.4. The van der Waals surface area contributed by atoms with Crippen molar-refractivity contribution in [2.75, 3.05) is 7.11 Å². The molecule has 138 valence electrons. The van der Waals surface area contributed by atoms with Crippen molar-refractivity contribution in [3.63, 3.8) is 0 Å². The van der Waals surface area contributed by atoms with Crippen LogP contribution in [0, 0.1) is 17.8 Å². The van der Waals surface area contributed by atoms with Crippen molar-refractivity contribution in [2.45, 2.75) is 52.2 Å². The Morgan fingerprint density at radius 2 is 1.88 bits per heavy atom. The Hall–Kier alpha value is -1.74. The fourth-order valence-corrected chi connectivity index (χ4v) is 3.56. The minimum absolute atomic E-state index is 0.110. The summed E-state index contributed by atoms with van der Waals surface area (Å²) in [4.78, 5) is 0. The van der Waals surface area contributed by atoms with E-state index < -0.39 is 0 Å². The summed E-state index contributed by atoms with van der Waals surface area (Å²) in [5.41, 5.74) is 2.29. The maximum Gasteiger partial charge on any atom is 0.0956 e. The molecule has 3 nitrogen and oxygen atoms in total. The molecular weight excluding hydrogens is 310 g/mol. The third kappa shape index (κ3) is 5.37. The van der Waals surface area contributed by atoms with Crippen LogP contribution >= 0.6 is 0 Å². The number of fused-ring (bicyclic) bond motifs is 1. The van der Waals surface area contributed by atoms with Gasteiger partial charge in [-0.05, 0) is 37.3 Å². The van der Waals surface area contributed by atoms with E-state index >= 15 is 0 Å². The van der Waals surface area contributed by atoms with E-state index in [0.29, 0.717) is 18.4 Å². The van der Waals surface area contributed by atoms with Gasteiger partial charge in [-0.3, -0.25) is 0 Å². The van der Waals surface area contributed by atoms with Crippen LogP contribution in [0.15, 0.2) is 60.1 Å². The molecular formula is C22H33NO2. The number of hydrogen-bond acceptors (Lipinski definition) is 3. The number of methoxy groups -OCH3 is 1. The topological polar surface area (TPSA) is 41.5 Å². The first-order valence-electron chi connectivity index (χ1n) is 9.33. The Labute approximate surface area is 152 Å². The van der Waals surface area contributed by atoms with Gasteiger partial charge in [-0.2, -0.15) is 0 Å². The van der Waals surface area contributed by atoms with Crippen molar-refractivity contribution in [3.8, 4) is 0 Å². The molecule has 0 bridgehead atoms. The molecule has 2 aliphatic rings. The van der Waals surface area contributed by atoms with Gasteiger partial charge >= 0.3 is 0 Å². The van der Waals surface area contributed by atoms with Crippen LogP contribution in [0.2, 0.25) is 0 Å². The zero-order valence-corrected chi connectivity index (χ0v) is 16.0. The second-order valence-corrected chi connectivity index (χ2v) is 7.38. The number of rotatable bonds is 1. The first-order valence-corrected chi connectivity index (χ1v) is 9.33. The number of hydrogen-bond donors (Lipinski definition) is 2. The van der Waals surface area contributed by atoms with Crippen LogP contribution in [0.25, 0.3) is 0 Å². The molecule has 1 heterocycles. The lowest BCUT2D eigenvalue weighted by Gasteiger charge is -2.28. The van der Waals surface area contributed by atoms with Gasteiger partial charge in [0.2, 0.25) is 0 Å². The summed E-state index contributed by atoms with van der Waals surface area (Å²) < 4.78 is 5.50. The minimum atomic E-state index is -0.352. The van der Waals surface area contributed by atoms with Crippen LogP contribution in [0.4, 0.5) is 0 Å². The van der Waals surface area contributed by atoms with Gasteiger partial charge in [0.05, 0.1) is 19.0 Å². The maximum atomic E-state index is 10.3. The Bertz CT molecular complexity index is 585. The summed E-state index contributed by atoms with van der Waals surface area (Å²) in [5, 5.41) is 13.9. The molecule has 5 atom stereocenters. The molecule has 1 aliphatic carbocycles. The van der Waals surface area contributed by atoms with Crippen LogP contribution < -0.4 is 5.32 Å². The summed E-state index contributed by atoms with van der Waals surface area (Å²) in [7, 11) is 1.73. The van der Waals surface area contributed by atoms with Crippen LogP contribution in [-0.2, 0) is 4.74 Å². The summed E-state index contributed by atoms with van der Waals surface area (Å²) in [6.45, 7) is 10.8. The molecule has 2 rings (SSSR count). The van der Waals surface area contributed by atoms with E-state index in [1.807, 2.05) is 0 Å². The van der Waals surface area contributed by atoms with Gasteiger partial charge in [0.15, 0.2) is 0 Å². The second-order valence-electron chi connectivity index (χ2n) is 7.38. The number of allylic oxidation sites excluding steroid dienone is 4. The molecule has 5 unspecified atom stereocenters. The van der Waals surface area contributed by atoms with Gasteiger partial charge in [0, 0.05) is 30.0 Å². The van der Waals surface area contributed by atoms with Crippen molar-refractivity contribution in [1.29, 1.82) is 0 Å². The maximum absolute atomic E-state index is 10.3. The number of ether oxygens (including phenoxy) is 1. The van der Waals surface area contributed by atoms with Crippen LogP contribution in [0.5, 0.6) is 0 Å². The largest absolute Gasteiger partial charge is 0.501 e. The second kappa shape index (κ2) is 9.10. The normalized spacial score (nSPS) is 36.8. The van der Waals surface area contributed by atoms with Gasteiger partial charge in [0.25, 0.3) is 0 Å². The van der Waals surface area contributed by atoms with Crippen LogP contribution in [0.1, 0.15) is 40.0 Å². The van der Waals surface area contributed by atoms with E-state index in [9.17, 15) is 5.11 Å². The Morgan fingerprint density at radius 3 is 2.60 bits per heavy atom. The van der Waals surface area contributed by atoms with E-state index in [4.69, 9.17) is 4.74 Å². The molecule has 3 heteroatoms. The first-order chi connectivity index (χ1) is 11.9. The minimum Gasteiger partial charge on any atom is -0.501 e. The lowest BCUT2D eigenvalue weighted by Crippen LogP contribution is -2.31. The van der Waals surface area contributed by atoms with Gasteiger partial charge < -0.3 is 15.2 Å². The van der Waals surface area contributed by atoms with Crippen molar-refractivity contribution >= 4 is 0 Å². The summed E-state index contributed by atoms with van der Waals surface area (Å²) >= 11 is 0. The average molecular weight is 344 g/mol. The monoisotopic (exact) mass is 343 g/mol. The molecule has 0 aromatic carbocycles. The zero-order valence-electron chi connectivity index (χ0n) is 16.0. The fraction of sp³-hybridized carbons (Fsp3) is 0.545. The summed E-state index contributed by atoms with van der Waals surface area (Å²) in [6, 6.07) is 0.311. The standard InChI is InChI=1S/C22H33NO2/c1-15-10-11-19-12-13-20(25-5)14-16(2)22(19)18(4)23-17(3)8-6-7-9-21(15)24/h6-7,10-12,14-17,21-24H,4,8-9,13H2,1-3,5H3/b7-6-,11-10+. The number of aliphatic hydroxyl groups excluding tert-OH is 1. The van der Waals surface area contributed by atoms with Crippen molar-refractivity contribution in [1.82, 2.24) is 5.32 Å². The molecule has 0 aromatic rings.